The molecule has 0 bridgehead atoms. The van der Waals surface area contributed by atoms with Gasteiger partial charge in [0.2, 0.25) is 12.7 Å². The van der Waals surface area contributed by atoms with Gasteiger partial charge in [-0.1, -0.05) is 17.7 Å². The molecule has 10 heteroatoms. The topological polar surface area (TPSA) is 85.4 Å². The summed E-state index contributed by atoms with van der Waals surface area (Å²) >= 11 is 6.26. The third-order valence-corrected chi connectivity index (χ3v) is 7.93. The number of sulfone groups is 1. The van der Waals surface area contributed by atoms with E-state index in [2.05, 4.69) is 0 Å². The van der Waals surface area contributed by atoms with E-state index in [0.29, 0.717) is 34.5 Å². The highest BCUT2D eigenvalue weighted by Gasteiger charge is 2.49. The van der Waals surface area contributed by atoms with E-state index in [-0.39, 0.29) is 36.8 Å². The zero-order valence-corrected chi connectivity index (χ0v) is 18.4. The average molecular weight is 465 g/mol. The minimum absolute atomic E-state index is 0.00981. The second kappa shape index (κ2) is 7.58. The van der Waals surface area contributed by atoms with Crippen molar-refractivity contribution in [2.45, 2.75) is 18.6 Å². The van der Waals surface area contributed by atoms with Gasteiger partial charge in [-0.05, 0) is 35.9 Å². The molecule has 3 heterocycles. The van der Waals surface area contributed by atoms with Crippen molar-refractivity contribution in [3.8, 4) is 17.2 Å². The lowest BCUT2D eigenvalue weighted by atomic mass is 10.0. The summed E-state index contributed by atoms with van der Waals surface area (Å²) in [5.74, 6) is 1.60. The number of carbonyl (C=O) groups excluding carboxylic acids is 1. The molecule has 2 aromatic rings. The fraction of sp³-hybridized carbons (Fsp3) is 0.381. The van der Waals surface area contributed by atoms with Gasteiger partial charge in [-0.3, -0.25) is 9.69 Å². The highest BCUT2D eigenvalue weighted by atomic mass is 35.5. The van der Waals surface area contributed by atoms with E-state index in [1.165, 1.54) is 7.11 Å². The zero-order chi connectivity index (χ0) is 21.8. The first-order valence-electron chi connectivity index (χ1n) is 9.83. The van der Waals surface area contributed by atoms with Crippen LogP contribution in [-0.2, 0) is 21.2 Å². The van der Waals surface area contributed by atoms with Gasteiger partial charge in [0, 0.05) is 18.3 Å². The molecule has 0 aliphatic carbocycles. The lowest BCUT2D eigenvalue weighted by molar-refractivity contribution is -0.123. The van der Waals surface area contributed by atoms with Gasteiger partial charge in [0.25, 0.3) is 0 Å². The Morgan fingerprint density at radius 2 is 1.87 bits per heavy atom. The molecule has 2 fully saturated rings. The highest BCUT2D eigenvalue weighted by Crippen LogP contribution is 2.37. The number of anilines is 1. The Bertz CT molecular complexity index is 1150. The summed E-state index contributed by atoms with van der Waals surface area (Å²) < 4.78 is 41.1. The molecule has 0 N–H and O–H groups in total. The molecule has 0 aromatic heterocycles. The summed E-state index contributed by atoms with van der Waals surface area (Å²) in [4.78, 5) is 16.7. The van der Waals surface area contributed by atoms with Crippen LogP contribution in [0.3, 0.4) is 0 Å². The molecule has 2 saturated heterocycles. The van der Waals surface area contributed by atoms with Crippen LogP contribution >= 0.6 is 11.6 Å². The molecule has 0 radical (unpaired) electrons. The second-order valence-corrected chi connectivity index (χ2v) is 10.4. The fourth-order valence-electron chi connectivity index (χ4n) is 4.55. The molecule has 2 unspecified atom stereocenters. The maximum Gasteiger partial charge on any atom is 0.241 e. The molecule has 0 spiro atoms. The predicted molar refractivity (Wildman–Crippen MR) is 115 cm³/mol. The number of halogens is 1. The largest absolute Gasteiger partial charge is 0.495 e. The van der Waals surface area contributed by atoms with E-state index in [4.69, 9.17) is 25.8 Å². The summed E-state index contributed by atoms with van der Waals surface area (Å²) in [6, 6.07) is 9.89. The van der Waals surface area contributed by atoms with E-state index < -0.39 is 15.9 Å². The first kappa shape index (κ1) is 20.4. The van der Waals surface area contributed by atoms with Crippen LogP contribution in [0.5, 0.6) is 17.2 Å². The van der Waals surface area contributed by atoms with Crippen LogP contribution in [0.25, 0.3) is 0 Å². The Hall–Kier alpha value is -2.49. The number of fused-ring (bicyclic) bond motifs is 2. The number of piperazine rings is 1. The number of amides is 1. The lowest BCUT2D eigenvalue weighted by Crippen LogP contribution is -2.61. The summed E-state index contributed by atoms with van der Waals surface area (Å²) in [7, 11) is -1.77. The zero-order valence-electron chi connectivity index (χ0n) is 16.8. The van der Waals surface area contributed by atoms with Crippen LogP contribution in [0.4, 0.5) is 5.69 Å². The molecule has 2 aromatic carbocycles. The Balaban J connectivity index is 1.45. The number of carbonyl (C=O) groups is 1. The number of rotatable bonds is 4. The maximum atomic E-state index is 13.2. The van der Waals surface area contributed by atoms with Crippen LogP contribution in [0.1, 0.15) is 5.56 Å². The molecule has 2 atom stereocenters. The first-order valence-corrected chi connectivity index (χ1v) is 12.0. The van der Waals surface area contributed by atoms with Crippen molar-refractivity contribution in [1.82, 2.24) is 4.90 Å². The van der Waals surface area contributed by atoms with Crippen LogP contribution in [0.2, 0.25) is 5.02 Å². The minimum atomic E-state index is -3.29. The average Bonchev–Trinajstić information content (AvgIpc) is 3.31. The standard InChI is InChI=1S/C21H21ClN2O6S/c1-28-18-5-3-14(7-15(18)22)24-17-11-31(26,27)10-16(17)23(9-21(24)25)8-13-2-4-19-20(6-13)30-12-29-19/h2-7,16-17H,8-12H2,1H3. The molecule has 164 valence electrons. The summed E-state index contributed by atoms with van der Waals surface area (Å²) in [5, 5.41) is 0.369. The summed E-state index contributed by atoms with van der Waals surface area (Å²) in [5.41, 5.74) is 1.51. The van der Waals surface area contributed by atoms with Crippen molar-refractivity contribution in [3.63, 3.8) is 0 Å². The number of nitrogens with zero attached hydrogens (tertiary/aromatic N) is 2. The van der Waals surface area contributed by atoms with Crippen LogP contribution < -0.4 is 19.1 Å². The van der Waals surface area contributed by atoms with Crippen molar-refractivity contribution in [1.29, 1.82) is 0 Å². The number of ether oxygens (including phenoxy) is 3. The van der Waals surface area contributed by atoms with E-state index in [1.54, 1.807) is 23.1 Å². The van der Waals surface area contributed by atoms with Crippen LogP contribution in [-0.4, -0.2) is 63.3 Å². The molecule has 0 saturated carbocycles. The maximum absolute atomic E-state index is 13.2. The van der Waals surface area contributed by atoms with Crippen molar-refractivity contribution in [2.75, 3.05) is 36.9 Å². The lowest BCUT2D eigenvalue weighted by Gasteiger charge is -2.43. The monoisotopic (exact) mass is 464 g/mol. The predicted octanol–water partition coefficient (Wildman–Crippen LogP) is 2.09. The van der Waals surface area contributed by atoms with Gasteiger partial charge in [-0.2, -0.15) is 0 Å². The quantitative estimate of drug-likeness (QED) is 0.684. The van der Waals surface area contributed by atoms with Crippen molar-refractivity contribution < 1.29 is 27.4 Å². The number of hydrogen-bond acceptors (Lipinski definition) is 7. The Morgan fingerprint density at radius 1 is 1.10 bits per heavy atom. The molecular formula is C21H21ClN2O6S. The van der Waals surface area contributed by atoms with E-state index in [9.17, 15) is 13.2 Å². The Labute approximate surface area is 185 Å². The van der Waals surface area contributed by atoms with Crippen LogP contribution in [0.15, 0.2) is 36.4 Å². The molecule has 1 amide bonds. The van der Waals surface area contributed by atoms with Crippen molar-refractivity contribution in [2.24, 2.45) is 0 Å². The molecular weight excluding hydrogens is 444 g/mol. The summed E-state index contributed by atoms with van der Waals surface area (Å²) in [6.07, 6.45) is 0. The van der Waals surface area contributed by atoms with Crippen LogP contribution in [0, 0.1) is 0 Å². The van der Waals surface area contributed by atoms with Gasteiger partial charge in [0.05, 0.1) is 36.2 Å². The van der Waals surface area contributed by atoms with E-state index in [0.717, 1.165) is 5.56 Å². The SMILES string of the molecule is COc1ccc(N2C(=O)CN(Cc3ccc4c(c3)OCO4)C3CS(=O)(=O)CC32)cc1Cl. The Morgan fingerprint density at radius 3 is 2.65 bits per heavy atom. The normalized spacial score (nSPS) is 24.3. The molecule has 3 aliphatic heterocycles. The third-order valence-electron chi connectivity index (χ3n) is 5.94. The fourth-order valence-corrected chi connectivity index (χ4v) is 6.78. The third kappa shape index (κ3) is 3.71. The molecule has 8 nitrogen and oxygen atoms in total. The second-order valence-electron chi connectivity index (χ2n) is 7.89. The summed E-state index contributed by atoms with van der Waals surface area (Å²) in [6.45, 7) is 0.731. The van der Waals surface area contributed by atoms with Gasteiger partial charge in [-0.25, -0.2) is 8.42 Å². The van der Waals surface area contributed by atoms with Gasteiger partial charge in [0.15, 0.2) is 21.3 Å². The van der Waals surface area contributed by atoms with Gasteiger partial charge < -0.3 is 19.1 Å². The smallest absolute Gasteiger partial charge is 0.241 e. The van der Waals surface area contributed by atoms with Crippen molar-refractivity contribution in [3.05, 3.63) is 47.0 Å². The Kier molecular flexibility index (Phi) is 4.99. The van der Waals surface area contributed by atoms with Gasteiger partial charge in [0.1, 0.15) is 5.75 Å². The van der Waals surface area contributed by atoms with E-state index in [1.807, 2.05) is 23.1 Å². The first-order chi connectivity index (χ1) is 14.8. The van der Waals surface area contributed by atoms with Crippen molar-refractivity contribution >= 4 is 33.0 Å². The number of methoxy groups -OCH3 is 1. The number of hydrogen-bond donors (Lipinski definition) is 0. The van der Waals surface area contributed by atoms with Gasteiger partial charge in [-0.15, -0.1) is 0 Å². The molecule has 5 rings (SSSR count). The highest BCUT2D eigenvalue weighted by molar-refractivity contribution is 7.91. The molecule has 3 aliphatic rings. The number of benzene rings is 2. The van der Waals surface area contributed by atoms with Gasteiger partial charge >= 0.3 is 0 Å². The molecule has 31 heavy (non-hydrogen) atoms. The van der Waals surface area contributed by atoms with E-state index >= 15 is 0 Å². The minimum Gasteiger partial charge on any atom is -0.495 e.